The zero-order chi connectivity index (χ0) is 20.1. The van der Waals surface area contributed by atoms with Gasteiger partial charge in [0.15, 0.2) is 12.4 Å². The van der Waals surface area contributed by atoms with Crippen LogP contribution < -0.4 is 14.8 Å². The van der Waals surface area contributed by atoms with Crippen molar-refractivity contribution >= 4 is 23.3 Å². The number of ether oxygens (including phenoxy) is 3. The van der Waals surface area contributed by atoms with Gasteiger partial charge in [-0.2, -0.15) is 0 Å². The van der Waals surface area contributed by atoms with E-state index in [-0.39, 0.29) is 11.5 Å². The Balaban J connectivity index is 2.05. The number of nitrogens with one attached hydrogen (secondary N) is 2. The minimum absolute atomic E-state index is 0.150. The van der Waals surface area contributed by atoms with Gasteiger partial charge in [-0.15, -0.1) is 0 Å². The average Bonchev–Trinajstić information content (AvgIpc) is 2.94. The zero-order valence-corrected chi connectivity index (χ0v) is 15.9. The van der Waals surface area contributed by atoms with Crippen molar-refractivity contribution in [2.24, 2.45) is 0 Å². The molecule has 0 aliphatic carbocycles. The van der Waals surface area contributed by atoms with E-state index in [0.717, 1.165) is 0 Å². The maximum Gasteiger partial charge on any atom is 0.355 e. The van der Waals surface area contributed by atoms with Crippen molar-refractivity contribution in [3.05, 3.63) is 40.7 Å². The molecule has 0 aliphatic heterocycles. The molecule has 0 unspecified atom stereocenters. The number of hydrogen-bond acceptors (Lipinski definition) is 6. The molecule has 0 aliphatic rings. The number of Topliss-reactive ketones (excluding diaryl/α,β-unsaturated/α-hetero) is 1. The first kappa shape index (κ1) is 20.0. The van der Waals surface area contributed by atoms with Gasteiger partial charge in [0.25, 0.3) is 5.91 Å². The molecule has 0 spiro atoms. The quantitative estimate of drug-likeness (QED) is 0.570. The molecule has 0 fully saturated rings. The molecule has 8 heteroatoms. The van der Waals surface area contributed by atoms with Crippen LogP contribution in [0.3, 0.4) is 0 Å². The Morgan fingerprint density at radius 3 is 2.37 bits per heavy atom. The van der Waals surface area contributed by atoms with Gasteiger partial charge < -0.3 is 24.5 Å². The van der Waals surface area contributed by atoms with Crippen LogP contribution in [0.2, 0.25) is 0 Å². The number of aromatic nitrogens is 1. The third kappa shape index (κ3) is 4.46. The van der Waals surface area contributed by atoms with Crippen molar-refractivity contribution in [1.29, 1.82) is 0 Å². The topological polar surface area (TPSA) is 107 Å². The first-order valence-corrected chi connectivity index (χ1v) is 8.17. The van der Waals surface area contributed by atoms with Crippen LogP contribution in [-0.4, -0.2) is 43.5 Å². The fourth-order valence-corrected chi connectivity index (χ4v) is 2.78. The Hall–Kier alpha value is -3.29. The number of amides is 1. The minimum atomic E-state index is -0.712. The molecule has 144 valence electrons. The Kier molecular flexibility index (Phi) is 6.23. The summed E-state index contributed by atoms with van der Waals surface area (Å²) in [6.45, 7) is 4.28. The number of ketones is 1. The van der Waals surface area contributed by atoms with Crippen LogP contribution in [0, 0.1) is 13.8 Å². The summed E-state index contributed by atoms with van der Waals surface area (Å²) >= 11 is 0. The van der Waals surface area contributed by atoms with Gasteiger partial charge in [0, 0.05) is 17.3 Å². The largest absolute Gasteiger partial charge is 0.497 e. The Labute approximate surface area is 156 Å². The molecule has 0 bridgehead atoms. The molecule has 2 N–H and O–H groups in total. The lowest BCUT2D eigenvalue weighted by molar-refractivity contribution is -0.119. The summed E-state index contributed by atoms with van der Waals surface area (Å²) in [5.74, 6) is -0.420. The number of carbonyl (C=O) groups is 3. The van der Waals surface area contributed by atoms with E-state index >= 15 is 0 Å². The van der Waals surface area contributed by atoms with Crippen molar-refractivity contribution in [2.45, 2.75) is 20.8 Å². The van der Waals surface area contributed by atoms with Crippen LogP contribution in [0.4, 0.5) is 5.69 Å². The molecule has 27 heavy (non-hydrogen) atoms. The SMILES string of the molecule is COc1ccc(OC)c(NC(=O)COC(=O)c2[nH]c(C)c(C(C)=O)c2C)c1. The Morgan fingerprint density at radius 1 is 1.11 bits per heavy atom. The van der Waals surface area contributed by atoms with Gasteiger partial charge in [0.1, 0.15) is 17.2 Å². The van der Waals surface area contributed by atoms with Gasteiger partial charge in [0.2, 0.25) is 0 Å². The summed E-state index contributed by atoms with van der Waals surface area (Å²) in [6.07, 6.45) is 0. The van der Waals surface area contributed by atoms with Crippen molar-refractivity contribution in [3.63, 3.8) is 0 Å². The summed E-state index contributed by atoms with van der Waals surface area (Å²) in [5.41, 5.74) is 2.08. The molecule has 8 nitrogen and oxygen atoms in total. The lowest BCUT2D eigenvalue weighted by Gasteiger charge is -2.12. The highest BCUT2D eigenvalue weighted by atomic mass is 16.5. The second kappa shape index (κ2) is 8.39. The molecular weight excluding hydrogens is 352 g/mol. The number of H-pyrrole nitrogens is 1. The maximum absolute atomic E-state index is 12.2. The van der Waals surface area contributed by atoms with Gasteiger partial charge >= 0.3 is 5.97 Å². The number of methoxy groups -OCH3 is 2. The van der Waals surface area contributed by atoms with Crippen LogP contribution in [0.5, 0.6) is 11.5 Å². The van der Waals surface area contributed by atoms with Crippen molar-refractivity contribution in [2.75, 3.05) is 26.1 Å². The number of esters is 1. The second-order valence-corrected chi connectivity index (χ2v) is 5.87. The highest BCUT2D eigenvalue weighted by Crippen LogP contribution is 2.28. The van der Waals surface area contributed by atoms with Crippen molar-refractivity contribution in [3.8, 4) is 11.5 Å². The average molecular weight is 374 g/mol. The summed E-state index contributed by atoms with van der Waals surface area (Å²) in [5, 5.41) is 2.61. The molecule has 2 rings (SSSR count). The number of hydrogen-bond donors (Lipinski definition) is 2. The van der Waals surface area contributed by atoms with E-state index in [9.17, 15) is 14.4 Å². The van der Waals surface area contributed by atoms with Crippen molar-refractivity contribution in [1.82, 2.24) is 4.98 Å². The molecule has 1 amide bonds. The van der Waals surface area contributed by atoms with Crippen LogP contribution in [0.15, 0.2) is 18.2 Å². The van der Waals surface area contributed by atoms with Crippen LogP contribution >= 0.6 is 0 Å². The lowest BCUT2D eigenvalue weighted by atomic mass is 10.1. The second-order valence-electron chi connectivity index (χ2n) is 5.87. The predicted molar refractivity (Wildman–Crippen MR) is 98.7 cm³/mol. The molecule has 2 aromatic rings. The van der Waals surface area contributed by atoms with Gasteiger partial charge in [-0.25, -0.2) is 4.79 Å². The van der Waals surface area contributed by atoms with Gasteiger partial charge in [-0.3, -0.25) is 9.59 Å². The highest BCUT2D eigenvalue weighted by Gasteiger charge is 2.21. The predicted octanol–water partition coefficient (Wildman–Crippen LogP) is 2.65. The van der Waals surface area contributed by atoms with Gasteiger partial charge in [-0.05, 0) is 38.5 Å². The lowest BCUT2D eigenvalue weighted by Crippen LogP contribution is -2.21. The van der Waals surface area contributed by atoms with Crippen LogP contribution in [-0.2, 0) is 9.53 Å². The first-order chi connectivity index (χ1) is 12.8. The Bertz CT molecular complexity index is 885. The standard InChI is InChI=1S/C19H22N2O6/c1-10-17(12(3)22)11(2)20-18(10)19(24)27-9-16(23)21-14-8-13(25-4)6-7-15(14)26-5/h6-8,20H,9H2,1-5H3,(H,21,23). The first-order valence-electron chi connectivity index (χ1n) is 8.17. The fraction of sp³-hybridized carbons (Fsp3) is 0.316. The van der Waals surface area contributed by atoms with E-state index in [0.29, 0.717) is 34.0 Å². The molecule has 1 heterocycles. The third-order valence-corrected chi connectivity index (χ3v) is 4.01. The number of anilines is 1. The van der Waals surface area contributed by atoms with E-state index in [2.05, 4.69) is 10.3 Å². The number of rotatable bonds is 7. The zero-order valence-electron chi connectivity index (χ0n) is 15.9. The molecule has 0 atom stereocenters. The molecule has 0 saturated heterocycles. The highest BCUT2D eigenvalue weighted by molar-refractivity contribution is 6.02. The van der Waals surface area contributed by atoms with Crippen molar-refractivity contribution < 1.29 is 28.6 Å². The van der Waals surface area contributed by atoms with E-state index in [1.165, 1.54) is 21.1 Å². The smallest absolute Gasteiger partial charge is 0.355 e. The summed E-state index contributed by atoms with van der Waals surface area (Å²) in [4.78, 5) is 38.9. The summed E-state index contributed by atoms with van der Waals surface area (Å²) in [7, 11) is 2.98. The normalized spacial score (nSPS) is 10.3. The summed E-state index contributed by atoms with van der Waals surface area (Å²) in [6, 6.07) is 4.93. The maximum atomic E-state index is 12.2. The minimum Gasteiger partial charge on any atom is -0.497 e. The fourth-order valence-electron chi connectivity index (χ4n) is 2.78. The van der Waals surface area contributed by atoms with Crippen LogP contribution in [0.25, 0.3) is 0 Å². The molecular formula is C19H22N2O6. The Morgan fingerprint density at radius 2 is 1.81 bits per heavy atom. The molecule has 0 radical (unpaired) electrons. The van der Waals surface area contributed by atoms with Gasteiger partial charge in [-0.1, -0.05) is 0 Å². The number of aromatic amines is 1. The van der Waals surface area contributed by atoms with E-state index in [4.69, 9.17) is 14.2 Å². The van der Waals surface area contributed by atoms with E-state index < -0.39 is 18.5 Å². The number of carbonyl (C=O) groups excluding carboxylic acids is 3. The third-order valence-electron chi connectivity index (χ3n) is 4.01. The summed E-state index contributed by atoms with van der Waals surface area (Å²) < 4.78 is 15.3. The number of aryl methyl sites for hydroxylation is 1. The van der Waals surface area contributed by atoms with Gasteiger partial charge in [0.05, 0.1) is 19.9 Å². The van der Waals surface area contributed by atoms with E-state index in [1.807, 2.05) is 0 Å². The molecule has 1 aromatic heterocycles. The molecule has 1 aromatic carbocycles. The monoisotopic (exact) mass is 374 g/mol. The number of benzene rings is 1. The molecule has 0 saturated carbocycles. The van der Waals surface area contributed by atoms with Crippen LogP contribution in [0.1, 0.15) is 39.0 Å². The van der Waals surface area contributed by atoms with E-state index in [1.54, 1.807) is 32.0 Å².